The molecule has 35 heavy (non-hydrogen) atoms. The normalized spacial score (nSPS) is 20.3. The van der Waals surface area contributed by atoms with E-state index in [1.807, 2.05) is 13.0 Å². The molecule has 11 heteroatoms. The Kier molecular flexibility index (Phi) is 5.45. The van der Waals surface area contributed by atoms with Crippen LogP contribution in [-0.2, 0) is 11.3 Å². The van der Waals surface area contributed by atoms with Crippen LogP contribution in [-0.4, -0.2) is 78.9 Å². The van der Waals surface area contributed by atoms with E-state index in [0.29, 0.717) is 18.7 Å². The van der Waals surface area contributed by atoms with Crippen molar-refractivity contribution in [2.75, 3.05) is 37.6 Å². The van der Waals surface area contributed by atoms with Crippen molar-refractivity contribution in [3.63, 3.8) is 0 Å². The van der Waals surface area contributed by atoms with Crippen LogP contribution in [0.25, 0.3) is 5.69 Å². The van der Waals surface area contributed by atoms with Crippen LogP contribution in [0.3, 0.4) is 0 Å². The van der Waals surface area contributed by atoms with Crippen molar-refractivity contribution in [1.29, 1.82) is 0 Å². The molecule has 0 aliphatic carbocycles. The topological polar surface area (TPSA) is 122 Å². The number of piperidine rings is 1. The lowest BCUT2D eigenvalue weighted by molar-refractivity contribution is 0.0534. The van der Waals surface area contributed by atoms with Gasteiger partial charge in [-0.3, -0.25) is 0 Å². The van der Waals surface area contributed by atoms with Gasteiger partial charge in [0.05, 0.1) is 24.1 Å². The number of aliphatic hydroxyl groups is 1. The van der Waals surface area contributed by atoms with E-state index < -0.39 is 6.10 Å². The molecule has 2 aromatic heterocycles. The number of aromatic nitrogens is 6. The van der Waals surface area contributed by atoms with Gasteiger partial charge in [0.2, 0.25) is 5.95 Å². The first-order chi connectivity index (χ1) is 17.0. The Bertz CT molecular complexity index is 1220. The van der Waals surface area contributed by atoms with Gasteiger partial charge in [-0.1, -0.05) is 6.07 Å². The molecule has 0 saturated carbocycles. The zero-order chi connectivity index (χ0) is 24.0. The SMILES string of the molecule is Cc1c(C(O)CN2CCC3(CC2)CCN(c2ncc(-n4cnnn4)cn2)C3)ccc2c1COC2=O. The number of aliphatic hydroxyl groups excluding tert-OH is 1. The summed E-state index contributed by atoms with van der Waals surface area (Å²) < 4.78 is 6.69. The van der Waals surface area contributed by atoms with E-state index in [2.05, 4.69) is 35.3 Å². The molecule has 0 radical (unpaired) electrons. The van der Waals surface area contributed by atoms with Gasteiger partial charge in [-0.15, -0.1) is 5.10 Å². The molecule has 1 spiro atoms. The van der Waals surface area contributed by atoms with Crippen LogP contribution >= 0.6 is 0 Å². The molecule has 5 heterocycles. The zero-order valence-corrected chi connectivity index (χ0v) is 19.7. The number of cyclic esters (lactones) is 1. The van der Waals surface area contributed by atoms with E-state index in [-0.39, 0.29) is 11.4 Å². The van der Waals surface area contributed by atoms with Crippen molar-refractivity contribution in [2.24, 2.45) is 5.41 Å². The molecule has 3 aromatic rings. The molecular weight excluding hydrogens is 448 g/mol. The Morgan fingerprint density at radius 2 is 1.91 bits per heavy atom. The molecule has 0 amide bonds. The number of tetrazole rings is 1. The molecule has 3 aliphatic rings. The molecule has 1 N–H and O–H groups in total. The van der Waals surface area contributed by atoms with Crippen molar-refractivity contribution in [3.05, 3.63) is 53.1 Å². The maximum absolute atomic E-state index is 11.8. The number of likely N-dealkylation sites (tertiary alicyclic amines) is 1. The first-order valence-electron chi connectivity index (χ1n) is 12.0. The van der Waals surface area contributed by atoms with Crippen molar-refractivity contribution in [2.45, 2.75) is 38.9 Å². The predicted octanol–water partition coefficient (Wildman–Crippen LogP) is 1.46. The van der Waals surface area contributed by atoms with E-state index in [1.165, 1.54) is 11.0 Å². The highest BCUT2D eigenvalue weighted by atomic mass is 16.5. The van der Waals surface area contributed by atoms with E-state index in [9.17, 15) is 9.90 Å². The highest BCUT2D eigenvalue weighted by Gasteiger charge is 2.41. The highest BCUT2D eigenvalue weighted by molar-refractivity contribution is 5.93. The summed E-state index contributed by atoms with van der Waals surface area (Å²) in [5.74, 6) is 0.469. The van der Waals surface area contributed by atoms with Gasteiger partial charge in [-0.2, -0.15) is 4.68 Å². The fraction of sp³-hybridized carbons (Fsp3) is 0.500. The van der Waals surface area contributed by atoms with Gasteiger partial charge in [0.25, 0.3) is 0 Å². The average molecular weight is 477 g/mol. The highest BCUT2D eigenvalue weighted by Crippen LogP contribution is 2.41. The number of rotatable bonds is 5. The molecule has 1 atom stereocenters. The van der Waals surface area contributed by atoms with Crippen LogP contribution in [0.2, 0.25) is 0 Å². The Morgan fingerprint density at radius 3 is 2.66 bits per heavy atom. The van der Waals surface area contributed by atoms with E-state index in [4.69, 9.17) is 4.74 Å². The number of fused-ring (bicyclic) bond motifs is 1. The number of anilines is 1. The monoisotopic (exact) mass is 476 g/mol. The fourth-order valence-corrected chi connectivity index (χ4v) is 5.67. The number of ether oxygens (including phenoxy) is 1. The summed E-state index contributed by atoms with van der Waals surface area (Å²) in [6.07, 6.45) is 7.73. The average Bonchev–Trinajstić information content (AvgIpc) is 3.63. The second-order valence-corrected chi connectivity index (χ2v) is 9.87. The van der Waals surface area contributed by atoms with Crippen molar-refractivity contribution in [1.82, 2.24) is 35.1 Å². The summed E-state index contributed by atoms with van der Waals surface area (Å²) in [7, 11) is 0. The Balaban J connectivity index is 1.05. The zero-order valence-electron chi connectivity index (χ0n) is 19.7. The molecule has 182 valence electrons. The molecule has 1 aromatic carbocycles. The van der Waals surface area contributed by atoms with E-state index in [0.717, 1.165) is 73.8 Å². The maximum atomic E-state index is 11.8. The summed E-state index contributed by atoms with van der Waals surface area (Å²) in [6.45, 7) is 6.66. The second-order valence-electron chi connectivity index (χ2n) is 9.87. The summed E-state index contributed by atoms with van der Waals surface area (Å²) in [6, 6.07) is 3.66. The van der Waals surface area contributed by atoms with Gasteiger partial charge in [0, 0.05) is 25.2 Å². The largest absolute Gasteiger partial charge is 0.457 e. The maximum Gasteiger partial charge on any atom is 0.338 e. The third kappa shape index (κ3) is 4.04. The lowest BCUT2D eigenvalue weighted by Crippen LogP contribution is -2.43. The van der Waals surface area contributed by atoms with E-state index >= 15 is 0 Å². The lowest BCUT2D eigenvalue weighted by atomic mass is 9.77. The number of esters is 1. The standard InChI is InChI=1S/C24H28N8O3/c1-16-18(2-3-19-20(16)13-35-22(19)34)21(33)12-30-7-4-24(5-8-30)6-9-31(14-24)23-25-10-17(11-26-23)32-15-27-28-29-32/h2-3,10-11,15,21,33H,4-9,12-14H2,1H3. The number of β-amino-alcohol motifs (C(OH)–C–C–N with tert-alkyl or cyclic N) is 1. The predicted molar refractivity (Wildman–Crippen MR) is 125 cm³/mol. The van der Waals surface area contributed by atoms with Crippen LogP contribution in [0.4, 0.5) is 5.95 Å². The molecule has 1 unspecified atom stereocenters. The van der Waals surface area contributed by atoms with Crippen LogP contribution in [0, 0.1) is 12.3 Å². The fourth-order valence-electron chi connectivity index (χ4n) is 5.67. The third-order valence-corrected chi connectivity index (χ3v) is 7.87. The van der Waals surface area contributed by atoms with Gasteiger partial charge in [-0.25, -0.2) is 14.8 Å². The van der Waals surface area contributed by atoms with Gasteiger partial charge >= 0.3 is 5.97 Å². The summed E-state index contributed by atoms with van der Waals surface area (Å²) >= 11 is 0. The number of carbonyl (C=O) groups is 1. The number of nitrogens with zero attached hydrogens (tertiary/aromatic N) is 8. The summed E-state index contributed by atoms with van der Waals surface area (Å²) in [4.78, 5) is 25.5. The van der Waals surface area contributed by atoms with Crippen molar-refractivity contribution in [3.8, 4) is 5.69 Å². The van der Waals surface area contributed by atoms with Gasteiger partial charge in [0.15, 0.2) is 0 Å². The molecule has 6 rings (SSSR count). The molecular formula is C24H28N8O3. The minimum Gasteiger partial charge on any atom is -0.457 e. The Morgan fingerprint density at radius 1 is 1.14 bits per heavy atom. The summed E-state index contributed by atoms with van der Waals surface area (Å²) in [5, 5.41) is 22.1. The van der Waals surface area contributed by atoms with Gasteiger partial charge < -0.3 is 19.6 Å². The number of carbonyl (C=O) groups excluding carboxylic acids is 1. The van der Waals surface area contributed by atoms with Crippen LogP contribution in [0.15, 0.2) is 30.9 Å². The first-order valence-corrected chi connectivity index (χ1v) is 12.0. The third-order valence-electron chi connectivity index (χ3n) is 7.87. The Labute approximate surface area is 202 Å². The molecule has 0 bridgehead atoms. The van der Waals surface area contributed by atoms with Gasteiger partial charge in [0.1, 0.15) is 18.6 Å². The smallest absolute Gasteiger partial charge is 0.338 e. The number of benzene rings is 1. The first kappa shape index (κ1) is 22.1. The Hall–Kier alpha value is -3.44. The van der Waals surface area contributed by atoms with Crippen LogP contribution < -0.4 is 4.90 Å². The summed E-state index contributed by atoms with van der Waals surface area (Å²) in [5.41, 5.74) is 4.38. The number of hydrogen-bond donors (Lipinski definition) is 1. The van der Waals surface area contributed by atoms with Crippen LogP contribution in [0.1, 0.15) is 52.4 Å². The van der Waals surface area contributed by atoms with Crippen molar-refractivity contribution >= 4 is 11.9 Å². The minimum absolute atomic E-state index is 0.264. The molecule has 2 fully saturated rings. The molecule has 11 nitrogen and oxygen atoms in total. The number of hydrogen-bond acceptors (Lipinski definition) is 10. The van der Waals surface area contributed by atoms with Crippen molar-refractivity contribution < 1.29 is 14.6 Å². The van der Waals surface area contributed by atoms with Crippen LogP contribution in [0.5, 0.6) is 0 Å². The lowest BCUT2D eigenvalue weighted by Gasteiger charge is -2.40. The quantitative estimate of drug-likeness (QED) is 0.542. The molecule has 3 aliphatic heterocycles. The van der Waals surface area contributed by atoms with E-state index in [1.54, 1.807) is 18.5 Å². The second kappa shape index (κ2) is 8.65. The minimum atomic E-state index is -0.586. The molecule has 2 saturated heterocycles. The van der Waals surface area contributed by atoms with Gasteiger partial charge in [-0.05, 0) is 72.3 Å².